The van der Waals surface area contributed by atoms with Crippen molar-refractivity contribution in [1.29, 1.82) is 0 Å². The number of ether oxygens (including phenoxy) is 1. The van der Waals surface area contributed by atoms with E-state index in [1.807, 2.05) is 0 Å². The molecule has 0 spiro atoms. The molecule has 0 aliphatic heterocycles. The van der Waals surface area contributed by atoms with Crippen molar-refractivity contribution >= 4 is 23.9 Å². The summed E-state index contributed by atoms with van der Waals surface area (Å²) in [6.45, 7) is 8.88. The number of benzene rings is 1. The Morgan fingerprint density at radius 2 is 1.75 bits per heavy atom. The summed E-state index contributed by atoms with van der Waals surface area (Å²) in [6.07, 6.45) is 0.772. The second-order valence-corrected chi connectivity index (χ2v) is 6.11. The van der Waals surface area contributed by atoms with Gasteiger partial charge in [-0.1, -0.05) is 30.8 Å². The Morgan fingerprint density at radius 3 is 2.33 bits per heavy atom. The third kappa shape index (κ3) is 4.29. The third-order valence-electron chi connectivity index (χ3n) is 2.99. The number of carbonyl (C=O) groups is 2. The Hall–Kier alpha value is -2.95. The minimum absolute atomic E-state index is 0.190. The van der Waals surface area contributed by atoms with Crippen molar-refractivity contribution in [1.82, 2.24) is 4.98 Å². The van der Waals surface area contributed by atoms with Crippen molar-refractivity contribution in [2.75, 3.05) is 4.90 Å². The lowest BCUT2D eigenvalue weighted by molar-refractivity contribution is 0.0563. The van der Waals surface area contributed by atoms with Crippen LogP contribution in [0, 0.1) is 0 Å². The van der Waals surface area contributed by atoms with E-state index in [1.165, 1.54) is 0 Å². The Kier molecular flexibility index (Phi) is 5.14. The fourth-order valence-corrected chi connectivity index (χ4v) is 1.98. The molecule has 2 rings (SSSR count). The number of hydrogen-bond acceptors (Lipinski definition) is 4. The molecule has 0 aliphatic carbocycles. The van der Waals surface area contributed by atoms with Crippen LogP contribution in [0.4, 0.5) is 10.6 Å². The molecule has 0 radical (unpaired) electrons. The lowest BCUT2D eigenvalue weighted by Gasteiger charge is -2.25. The molecule has 0 N–H and O–H groups in total. The Morgan fingerprint density at radius 1 is 1.08 bits per heavy atom. The van der Waals surface area contributed by atoms with Gasteiger partial charge in [-0.3, -0.25) is 4.79 Å². The van der Waals surface area contributed by atoms with Crippen LogP contribution in [-0.4, -0.2) is 22.6 Å². The minimum Gasteiger partial charge on any atom is -0.443 e. The van der Waals surface area contributed by atoms with Crippen molar-refractivity contribution in [3.8, 4) is 0 Å². The summed E-state index contributed by atoms with van der Waals surface area (Å²) in [5.41, 5.74) is 0.193. The number of amides is 2. The molecule has 2 aromatic rings. The molecule has 24 heavy (non-hydrogen) atoms. The van der Waals surface area contributed by atoms with Gasteiger partial charge >= 0.3 is 6.09 Å². The maximum atomic E-state index is 12.8. The average molecular weight is 324 g/mol. The quantitative estimate of drug-likeness (QED) is 0.844. The summed E-state index contributed by atoms with van der Waals surface area (Å²) in [4.78, 5) is 30.6. The van der Waals surface area contributed by atoms with Crippen LogP contribution in [0.15, 0.2) is 55.1 Å². The fourth-order valence-electron chi connectivity index (χ4n) is 1.98. The number of aromatic nitrogens is 1. The van der Waals surface area contributed by atoms with Crippen LogP contribution in [-0.2, 0) is 4.74 Å². The molecule has 2 amide bonds. The largest absolute Gasteiger partial charge is 0.443 e. The van der Waals surface area contributed by atoms with Crippen LogP contribution in [0.2, 0.25) is 0 Å². The van der Waals surface area contributed by atoms with Gasteiger partial charge in [0.05, 0.1) is 5.69 Å². The highest BCUT2D eigenvalue weighted by Gasteiger charge is 2.30. The second-order valence-electron chi connectivity index (χ2n) is 6.11. The van der Waals surface area contributed by atoms with Gasteiger partial charge in [0.1, 0.15) is 11.4 Å². The van der Waals surface area contributed by atoms with Gasteiger partial charge in [0.2, 0.25) is 0 Å². The van der Waals surface area contributed by atoms with E-state index in [4.69, 9.17) is 4.74 Å². The Bertz CT molecular complexity index is 749. The van der Waals surface area contributed by atoms with Crippen LogP contribution in [0.1, 0.15) is 36.8 Å². The number of rotatable bonds is 3. The van der Waals surface area contributed by atoms with E-state index in [-0.39, 0.29) is 5.82 Å². The molecule has 1 aromatic carbocycles. The lowest BCUT2D eigenvalue weighted by atomic mass is 10.2. The van der Waals surface area contributed by atoms with Crippen LogP contribution < -0.4 is 4.90 Å². The molecular formula is C19H20N2O3. The average Bonchev–Trinajstić information content (AvgIpc) is 2.54. The zero-order valence-electron chi connectivity index (χ0n) is 14.0. The lowest BCUT2D eigenvalue weighted by Crippen LogP contribution is -2.41. The second kappa shape index (κ2) is 7.08. The molecule has 5 heteroatoms. The first-order chi connectivity index (χ1) is 11.3. The van der Waals surface area contributed by atoms with E-state index in [2.05, 4.69) is 11.6 Å². The first-order valence-electron chi connectivity index (χ1n) is 7.54. The van der Waals surface area contributed by atoms with Crippen molar-refractivity contribution in [2.24, 2.45) is 0 Å². The van der Waals surface area contributed by atoms with E-state index in [0.29, 0.717) is 11.3 Å². The molecule has 5 nitrogen and oxygen atoms in total. The molecule has 0 saturated heterocycles. The molecule has 0 atom stereocenters. The maximum Gasteiger partial charge on any atom is 0.423 e. The van der Waals surface area contributed by atoms with Gasteiger partial charge < -0.3 is 4.74 Å². The summed E-state index contributed by atoms with van der Waals surface area (Å²) in [5.74, 6) is -0.311. The molecule has 0 unspecified atom stereocenters. The molecule has 0 saturated carbocycles. The summed E-state index contributed by atoms with van der Waals surface area (Å²) in [5, 5.41) is 0. The molecule has 0 bridgehead atoms. The number of carbonyl (C=O) groups excluding carboxylic acids is 2. The van der Waals surface area contributed by atoms with E-state index in [0.717, 1.165) is 4.90 Å². The number of nitrogens with zero attached hydrogens (tertiary/aromatic N) is 2. The summed E-state index contributed by atoms with van der Waals surface area (Å²) in [7, 11) is 0. The predicted octanol–water partition coefficient (Wildman–Crippen LogP) is 4.31. The maximum absolute atomic E-state index is 12.8. The number of imide groups is 1. The van der Waals surface area contributed by atoms with Gasteiger partial charge in [-0.25, -0.2) is 9.78 Å². The Labute approximate surface area is 141 Å². The highest BCUT2D eigenvalue weighted by molar-refractivity contribution is 6.18. The van der Waals surface area contributed by atoms with Crippen LogP contribution in [0.25, 0.3) is 6.08 Å². The van der Waals surface area contributed by atoms with Gasteiger partial charge in [0.15, 0.2) is 0 Å². The van der Waals surface area contributed by atoms with E-state index < -0.39 is 17.6 Å². The van der Waals surface area contributed by atoms with Crippen molar-refractivity contribution < 1.29 is 14.3 Å². The summed E-state index contributed by atoms with van der Waals surface area (Å²) >= 11 is 0. The topological polar surface area (TPSA) is 59.5 Å². The SMILES string of the molecule is C=Cc1cccc(N(C(=O)OC(C)(C)C)C(=O)c2ccccc2)n1. The zero-order valence-corrected chi connectivity index (χ0v) is 14.0. The van der Waals surface area contributed by atoms with Gasteiger partial charge in [-0.15, -0.1) is 0 Å². The first kappa shape index (κ1) is 17.4. The van der Waals surface area contributed by atoms with Crippen LogP contribution in [0.5, 0.6) is 0 Å². The standard InChI is InChI=1S/C19H20N2O3/c1-5-15-12-9-13-16(20-15)21(18(23)24-19(2,3)4)17(22)14-10-7-6-8-11-14/h5-13H,1H2,2-4H3. The number of pyridine rings is 1. The minimum atomic E-state index is -0.773. The molecule has 124 valence electrons. The van der Waals surface area contributed by atoms with E-state index in [9.17, 15) is 9.59 Å². The van der Waals surface area contributed by atoms with Gasteiger partial charge in [0, 0.05) is 5.56 Å². The first-order valence-corrected chi connectivity index (χ1v) is 7.54. The highest BCUT2D eigenvalue weighted by atomic mass is 16.6. The van der Waals surface area contributed by atoms with Gasteiger partial charge in [-0.2, -0.15) is 4.90 Å². The van der Waals surface area contributed by atoms with E-state index >= 15 is 0 Å². The number of anilines is 1. The van der Waals surface area contributed by atoms with E-state index in [1.54, 1.807) is 75.4 Å². The normalized spacial score (nSPS) is 10.8. The highest BCUT2D eigenvalue weighted by Crippen LogP contribution is 2.20. The molecule has 0 fully saturated rings. The molecule has 1 aromatic heterocycles. The van der Waals surface area contributed by atoms with Crippen molar-refractivity contribution in [3.63, 3.8) is 0 Å². The van der Waals surface area contributed by atoms with Gasteiger partial charge in [0.25, 0.3) is 5.91 Å². The zero-order chi connectivity index (χ0) is 17.7. The Balaban J connectivity index is 2.46. The summed E-state index contributed by atoms with van der Waals surface area (Å²) in [6, 6.07) is 13.5. The fraction of sp³-hybridized carbons (Fsp3) is 0.211. The smallest absolute Gasteiger partial charge is 0.423 e. The van der Waals surface area contributed by atoms with Crippen LogP contribution in [0.3, 0.4) is 0 Å². The predicted molar refractivity (Wildman–Crippen MR) is 93.8 cm³/mol. The monoisotopic (exact) mass is 324 g/mol. The van der Waals surface area contributed by atoms with Crippen molar-refractivity contribution in [3.05, 3.63) is 66.4 Å². The number of hydrogen-bond donors (Lipinski definition) is 0. The molecule has 0 aliphatic rings. The third-order valence-corrected chi connectivity index (χ3v) is 2.99. The van der Waals surface area contributed by atoms with Crippen molar-refractivity contribution in [2.45, 2.75) is 26.4 Å². The van der Waals surface area contributed by atoms with Gasteiger partial charge in [-0.05, 0) is 51.1 Å². The van der Waals surface area contributed by atoms with Crippen LogP contribution >= 0.6 is 0 Å². The molecular weight excluding hydrogens is 304 g/mol. The molecule has 1 heterocycles. The summed E-state index contributed by atoms with van der Waals surface area (Å²) < 4.78 is 5.37.